The molecule has 2 N–H and O–H groups in total. The van der Waals surface area contributed by atoms with E-state index in [4.69, 9.17) is 5.73 Å². The number of aryl methyl sites for hydroxylation is 1. The predicted molar refractivity (Wildman–Crippen MR) is 52.1 cm³/mol. The fraction of sp³-hybridized carbons (Fsp3) is 0.222. The molecule has 14 heavy (non-hydrogen) atoms. The van der Waals surface area contributed by atoms with Crippen LogP contribution in [0.3, 0.4) is 0 Å². The van der Waals surface area contributed by atoms with Crippen LogP contribution in [0.2, 0.25) is 0 Å². The van der Waals surface area contributed by atoms with Gasteiger partial charge in [-0.25, -0.2) is 0 Å². The van der Waals surface area contributed by atoms with E-state index in [1.807, 2.05) is 13.1 Å². The molecular weight excluding hydrogens is 178 g/mol. The first-order chi connectivity index (χ1) is 6.81. The minimum Gasteiger partial charge on any atom is -0.325 e. The molecule has 0 unspecified atom stereocenters. The molecule has 0 aliphatic heterocycles. The zero-order chi connectivity index (χ0) is 9.97. The van der Waals surface area contributed by atoms with Gasteiger partial charge in [0, 0.05) is 26.0 Å². The summed E-state index contributed by atoms with van der Waals surface area (Å²) in [7, 11) is 1.86. The molecule has 2 rings (SSSR count). The van der Waals surface area contributed by atoms with E-state index in [1.54, 1.807) is 23.3 Å². The normalized spacial score (nSPS) is 10.4. The number of rotatable bonds is 2. The zero-order valence-corrected chi connectivity index (χ0v) is 7.88. The zero-order valence-electron chi connectivity index (χ0n) is 7.88. The van der Waals surface area contributed by atoms with Crippen LogP contribution in [0.15, 0.2) is 24.7 Å². The van der Waals surface area contributed by atoms with Crippen LogP contribution >= 0.6 is 0 Å². The maximum Gasteiger partial charge on any atom is 0.113 e. The predicted octanol–water partition coefficient (Wildman–Crippen LogP) is 0.336. The fourth-order valence-corrected chi connectivity index (χ4v) is 1.25. The summed E-state index contributed by atoms with van der Waals surface area (Å²) in [5, 5.41) is 4.29. The first-order valence-electron chi connectivity index (χ1n) is 4.30. The lowest BCUT2D eigenvalue weighted by Crippen LogP contribution is -2.03. The monoisotopic (exact) mass is 189 g/mol. The standard InChI is InChI=1S/C9H11N5/c1-14-7(5-10)4-8(13-14)9-6-11-2-3-12-9/h2-4,6H,5,10H2,1H3. The highest BCUT2D eigenvalue weighted by Crippen LogP contribution is 2.14. The number of aromatic nitrogens is 4. The van der Waals surface area contributed by atoms with Gasteiger partial charge in [0.1, 0.15) is 11.4 Å². The van der Waals surface area contributed by atoms with Crippen molar-refractivity contribution in [2.45, 2.75) is 6.54 Å². The summed E-state index contributed by atoms with van der Waals surface area (Å²) in [4.78, 5) is 8.14. The van der Waals surface area contributed by atoms with Crippen LogP contribution in [0.25, 0.3) is 11.4 Å². The summed E-state index contributed by atoms with van der Waals surface area (Å²) in [5.41, 5.74) is 8.10. The Morgan fingerprint density at radius 3 is 2.79 bits per heavy atom. The maximum absolute atomic E-state index is 5.55. The molecule has 2 aromatic rings. The van der Waals surface area contributed by atoms with Crippen molar-refractivity contribution >= 4 is 0 Å². The highest BCUT2D eigenvalue weighted by Gasteiger charge is 2.06. The molecule has 0 saturated heterocycles. The van der Waals surface area contributed by atoms with E-state index in [2.05, 4.69) is 15.1 Å². The van der Waals surface area contributed by atoms with E-state index in [0.29, 0.717) is 6.54 Å². The second-order valence-electron chi connectivity index (χ2n) is 2.94. The number of hydrogen-bond acceptors (Lipinski definition) is 4. The second kappa shape index (κ2) is 3.55. The molecule has 0 saturated carbocycles. The van der Waals surface area contributed by atoms with Crippen LogP contribution in [0.5, 0.6) is 0 Å². The van der Waals surface area contributed by atoms with E-state index in [1.165, 1.54) is 0 Å². The van der Waals surface area contributed by atoms with E-state index in [0.717, 1.165) is 17.1 Å². The number of hydrogen-bond donors (Lipinski definition) is 1. The third-order valence-corrected chi connectivity index (χ3v) is 2.01. The minimum absolute atomic E-state index is 0.476. The topological polar surface area (TPSA) is 69.6 Å². The Morgan fingerprint density at radius 2 is 2.21 bits per heavy atom. The Balaban J connectivity index is 2.43. The lowest BCUT2D eigenvalue weighted by Gasteiger charge is -1.93. The van der Waals surface area contributed by atoms with E-state index >= 15 is 0 Å². The van der Waals surface area contributed by atoms with Crippen LogP contribution in [0.4, 0.5) is 0 Å². The van der Waals surface area contributed by atoms with Crippen molar-refractivity contribution in [3.8, 4) is 11.4 Å². The van der Waals surface area contributed by atoms with Crippen LogP contribution in [0, 0.1) is 0 Å². The Bertz CT molecular complexity index is 420. The quantitative estimate of drug-likeness (QED) is 0.739. The summed E-state index contributed by atoms with van der Waals surface area (Å²) in [6.07, 6.45) is 4.96. The van der Waals surface area contributed by atoms with Crippen molar-refractivity contribution in [3.05, 3.63) is 30.4 Å². The van der Waals surface area contributed by atoms with E-state index < -0.39 is 0 Å². The van der Waals surface area contributed by atoms with Gasteiger partial charge >= 0.3 is 0 Å². The molecule has 0 aromatic carbocycles. The summed E-state index contributed by atoms with van der Waals surface area (Å²) in [5.74, 6) is 0. The van der Waals surface area contributed by atoms with Crippen molar-refractivity contribution in [1.29, 1.82) is 0 Å². The lowest BCUT2D eigenvalue weighted by atomic mass is 10.3. The van der Waals surface area contributed by atoms with Crippen LogP contribution < -0.4 is 5.73 Å². The first-order valence-corrected chi connectivity index (χ1v) is 4.30. The summed E-state index contributed by atoms with van der Waals surface area (Å²) >= 11 is 0. The van der Waals surface area contributed by atoms with E-state index in [-0.39, 0.29) is 0 Å². The molecule has 0 aliphatic rings. The van der Waals surface area contributed by atoms with Crippen LogP contribution in [-0.2, 0) is 13.6 Å². The smallest absolute Gasteiger partial charge is 0.113 e. The molecule has 72 valence electrons. The molecule has 0 spiro atoms. The van der Waals surface area contributed by atoms with Crippen LogP contribution in [-0.4, -0.2) is 19.7 Å². The Labute approximate surface area is 81.6 Å². The van der Waals surface area contributed by atoms with Gasteiger partial charge in [-0.3, -0.25) is 14.6 Å². The molecular formula is C9H11N5. The molecule has 2 heterocycles. The molecule has 5 nitrogen and oxygen atoms in total. The Morgan fingerprint density at radius 1 is 1.36 bits per heavy atom. The van der Waals surface area contributed by atoms with Crippen molar-refractivity contribution in [2.75, 3.05) is 0 Å². The Kier molecular flexibility index (Phi) is 2.24. The minimum atomic E-state index is 0.476. The van der Waals surface area contributed by atoms with Crippen molar-refractivity contribution in [2.24, 2.45) is 12.8 Å². The van der Waals surface area contributed by atoms with Crippen molar-refractivity contribution in [1.82, 2.24) is 19.7 Å². The third-order valence-electron chi connectivity index (χ3n) is 2.01. The van der Waals surface area contributed by atoms with Crippen molar-refractivity contribution < 1.29 is 0 Å². The third kappa shape index (κ3) is 1.49. The van der Waals surface area contributed by atoms with Gasteiger partial charge in [-0.15, -0.1) is 0 Å². The average molecular weight is 189 g/mol. The van der Waals surface area contributed by atoms with Gasteiger partial charge in [-0.1, -0.05) is 0 Å². The molecule has 0 bridgehead atoms. The molecule has 5 heteroatoms. The first kappa shape index (κ1) is 8.83. The molecule has 2 aromatic heterocycles. The second-order valence-corrected chi connectivity index (χ2v) is 2.94. The maximum atomic E-state index is 5.55. The van der Waals surface area contributed by atoms with Gasteiger partial charge in [0.25, 0.3) is 0 Å². The molecule has 0 atom stereocenters. The fourth-order valence-electron chi connectivity index (χ4n) is 1.25. The number of nitrogens with two attached hydrogens (primary N) is 1. The van der Waals surface area contributed by atoms with Gasteiger partial charge in [-0.2, -0.15) is 5.10 Å². The lowest BCUT2D eigenvalue weighted by molar-refractivity contribution is 0.713. The average Bonchev–Trinajstić information content (AvgIpc) is 2.61. The number of nitrogens with zero attached hydrogens (tertiary/aromatic N) is 4. The summed E-state index contributed by atoms with van der Waals surface area (Å²) in [6.45, 7) is 0.476. The van der Waals surface area contributed by atoms with Gasteiger partial charge in [-0.05, 0) is 6.07 Å². The Hall–Kier alpha value is -1.75. The summed E-state index contributed by atoms with van der Waals surface area (Å²) < 4.78 is 1.75. The largest absolute Gasteiger partial charge is 0.325 e. The molecule has 0 radical (unpaired) electrons. The van der Waals surface area contributed by atoms with Gasteiger partial charge in [0.2, 0.25) is 0 Å². The van der Waals surface area contributed by atoms with Gasteiger partial charge in [0.15, 0.2) is 0 Å². The van der Waals surface area contributed by atoms with Gasteiger partial charge < -0.3 is 5.73 Å². The van der Waals surface area contributed by atoms with E-state index in [9.17, 15) is 0 Å². The molecule has 0 aliphatic carbocycles. The van der Waals surface area contributed by atoms with Crippen molar-refractivity contribution in [3.63, 3.8) is 0 Å². The highest BCUT2D eigenvalue weighted by molar-refractivity contribution is 5.52. The molecule has 0 fully saturated rings. The van der Waals surface area contributed by atoms with Crippen LogP contribution in [0.1, 0.15) is 5.69 Å². The highest BCUT2D eigenvalue weighted by atomic mass is 15.3. The summed E-state index contributed by atoms with van der Waals surface area (Å²) in [6, 6.07) is 1.92. The SMILES string of the molecule is Cn1nc(-c2cnccn2)cc1CN. The van der Waals surface area contributed by atoms with Gasteiger partial charge in [0.05, 0.1) is 11.9 Å². The molecule has 0 amide bonds.